The number of benzene rings is 1. The molecule has 1 aliphatic carbocycles. The molecule has 0 radical (unpaired) electrons. The lowest BCUT2D eigenvalue weighted by atomic mass is 9.86. The molecule has 2 rings (SSSR count). The minimum absolute atomic E-state index is 0.0539. The summed E-state index contributed by atoms with van der Waals surface area (Å²) < 4.78 is 5.81. The maximum absolute atomic E-state index is 12.3. The largest absolute Gasteiger partial charge is 0.489 e. The van der Waals surface area contributed by atoms with E-state index in [1.165, 1.54) is 5.56 Å². The number of aliphatic hydroxyl groups is 1. The number of aryl methyl sites for hydroxylation is 1. The van der Waals surface area contributed by atoms with Crippen molar-refractivity contribution in [3.8, 4) is 5.75 Å². The molecule has 5 nitrogen and oxygen atoms in total. The van der Waals surface area contributed by atoms with Crippen LogP contribution in [0.1, 0.15) is 38.2 Å². The summed E-state index contributed by atoms with van der Waals surface area (Å²) in [5, 5.41) is 12.1. The van der Waals surface area contributed by atoms with Crippen molar-refractivity contribution >= 4 is 6.03 Å². The van der Waals surface area contributed by atoms with E-state index in [0.717, 1.165) is 31.4 Å². The smallest absolute Gasteiger partial charge is 0.317 e. The first kappa shape index (κ1) is 18.6. The Morgan fingerprint density at radius 3 is 2.50 bits per heavy atom. The van der Waals surface area contributed by atoms with Crippen LogP contribution < -0.4 is 10.1 Å². The molecule has 1 aromatic carbocycles. The lowest BCUT2D eigenvalue weighted by Crippen LogP contribution is -2.47. The van der Waals surface area contributed by atoms with Crippen molar-refractivity contribution < 1.29 is 14.6 Å². The number of aliphatic hydroxyl groups excluding tert-OH is 1. The second kappa shape index (κ2) is 8.92. The second-order valence-corrected chi connectivity index (χ2v) is 6.90. The number of ether oxygens (including phenoxy) is 1. The van der Waals surface area contributed by atoms with E-state index in [4.69, 9.17) is 4.74 Å². The predicted octanol–water partition coefficient (Wildman–Crippen LogP) is 2.95. The van der Waals surface area contributed by atoms with Gasteiger partial charge in [-0.25, -0.2) is 4.79 Å². The average Bonchev–Trinajstić information content (AvgIpc) is 2.61. The molecule has 0 saturated heterocycles. The van der Waals surface area contributed by atoms with E-state index >= 15 is 0 Å². The van der Waals surface area contributed by atoms with Crippen LogP contribution in [0, 0.1) is 12.8 Å². The van der Waals surface area contributed by atoms with Crippen molar-refractivity contribution in [2.24, 2.45) is 5.92 Å². The molecule has 1 saturated carbocycles. The molecule has 1 aromatic rings. The Balaban J connectivity index is 1.72. The van der Waals surface area contributed by atoms with Crippen molar-refractivity contribution in [1.29, 1.82) is 0 Å². The number of rotatable bonds is 6. The molecule has 24 heavy (non-hydrogen) atoms. The highest BCUT2D eigenvalue weighted by Crippen LogP contribution is 2.26. The summed E-state index contributed by atoms with van der Waals surface area (Å²) in [6, 6.07) is 8.12. The standard InChI is InChI=1S/C19H30N2O3/c1-14-4-10-18(11-5-14)24-15(2)12-20-19(23)21(3)17-8-6-16(13-22)7-9-17/h4-5,10-11,15-17,22H,6-9,12-13H2,1-3H3,(H,20,23). The van der Waals surface area contributed by atoms with Crippen molar-refractivity contribution in [2.75, 3.05) is 20.2 Å². The van der Waals surface area contributed by atoms with E-state index in [1.54, 1.807) is 4.90 Å². The van der Waals surface area contributed by atoms with Gasteiger partial charge in [-0.1, -0.05) is 17.7 Å². The number of hydrogen-bond donors (Lipinski definition) is 2. The Kier molecular flexibility index (Phi) is 6.91. The van der Waals surface area contributed by atoms with Gasteiger partial charge in [0.2, 0.25) is 0 Å². The van der Waals surface area contributed by atoms with Gasteiger partial charge in [0.25, 0.3) is 0 Å². The van der Waals surface area contributed by atoms with Crippen molar-refractivity contribution in [1.82, 2.24) is 10.2 Å². The monoisotopic (exact) mass is 334 g/mol. The maximum atomic E-state index is 12.3. The van der Waals surface area contributed by atoms with Crippen LogP contribution in [0.25, 0.3) is 0 Å². The van der Waals surface area contributed by atoms with Crippen LogP contribution in [0.4, 0.5) is 4.79 Å². The molecule has 0 aromatic heterocycles. The van der Waals surface area contributed by atoms with Gasteiger partial charge in [-0.2, -0.15) is 0 Å². The van der Waals surface area contributed by atoms with Gasteiger partial charge >= 0.3 is 6.03 Å². The highest BCUT2D eigenvalue weighted by atomic mass is 16.5. The molecular formula is C19H30N2O3. The number of carbonyl (C=O) groups excluding carboxylic acids is 1. The fourth-order valence-corrected chi connectivity index (χ4v) is 3.13. The van der Waals surface area contributed by atoms with Crippen LogP contribution in [0.3, 0.4) is 0 Å². The molecular weight excluding hydrogens is 304 g/mol. The fraction of sp³-hybridized carbons (Fsp3) is 0.632. The fourth-order valence-electron chi connectivity index (χ4n) is 3.13. The molecule has 1 unspecified atom stereocenters. The third kappa shape index (κ3) is 5.41. The van der Waals surface area contributed by atoms with Gasteiger partial charge in [-0.15, -0.1) is 0 Å². The van der Waals surface area contributed by atoms with E-state index < -0.39 is 0 Å². The van der Waals surface area contributed by atoms with Gasteiger partial charge in [0, 0.05) is 19.7 Å². The summed E-state index contributed by atoms with van der Waals surface area (Å²) in [5.41, 5.74) is 1.20. The minimum Gasteiger partial charge on any atom is -0.489 e. The van der Waals surface area contributed by atoms with Crippen LogP contribution in [0.5, 0.6) is 5.75 Å². The summed E-state index contributed by atoms with van der Waals surface area (Å²) in [6.07, 6.45) is 3.82. The van der Waals surface area contributed by atoms with Gasteiger partial charge in [-0.3, -0.25) is 0 Å². The Morgan fingerprint density at radius 1 is 1.29 bits per heavy atom. The van der Waals surface area contributed by atoms with Gasteiger partial charge in [0.1, 0.15) is 11.9 Å². The molecule has 2 N–H and O–H groups in total. The summed E-state index contributed by atoms with van der Waals surface area (Å²) >= 11 is 0. The summed E-state index contributed by atoms with van der Waals surface area (Å²) in [4.78, 5) is 14.1. The van der Waals surface area contributed by atoms with E-state index in [1.807, 2.05) is 45.2 Å². The summed E-state index contributed by atoms with van der Waals surface area (Å²) in [7, 11) is 1.85. The topological polar surface area (TPSA) is 61.8 Å². The van der Waals surface area contributed by atoms with Crippen LogP contribution >= 0.6 is 0 Å². The normalized spacial score (nSPS) is 21.8. The molecule has 134 valence electrons. The van der Waals surface area contributed by atoms with E-state index in [2.05, 4.69) is 5.32 Å². The predicted molar refractivity (Wildman–Crippen MR) is 95.3 cm³/mol. The molecule has 1 fully saturated rings. The number of hydrogen-bond acceptors (Lipinski definition) is 3. The summed E-state index contributed by atoms with van der Waals surface area (Å²) in [6.45, 7) is 4.73. The third-order valence-corrected chi connectivity index (χ3v) is 4.84. The number of nitrogens with zero attached hydrogens (tertiary/aromatic N) is 1. The first-order valence-corrected chi connectivity index (χ1v) is 8.84. The zero-order valence-corrected chi connectivity index (χ0v) is 15.0. The lowest BCUT2D eigenvalue weighted by molar-refractivity contribution is 0.131. The number of nitrogens with one attached hydrogen (secondary N) is 1. The van der Waals surface area contributed by atoms with Crippen molar-refractivity contribution in [2.45, 2.75) is 51.7 Å². The van der Waals surface area contributed by atoms with Crippen LogP contribution in [-0.2, 0) is 0 Å². The Bertz CT molecular complexity index is 510. The molecule has 0 heterocycles. The van der Waals surface area contributed by atoms with Crippen LogP contribution in [0.15, 0.2) is 24.3 Å². The Hall–Kier alpha value is -1.75. The van der Waals surface area contributed by atoms with Crippen molar-refractivity contribution in [3.63, 3.8) is 0 Å². The second-order valence-electron chi connectivity index (χ2n) is 6.90. The van der Waals surface area contributed by atoms with E-state index in [9.17, 15) is 9.90 Å². The summed E-state index contributed by atoms with van der Waals surface area (Å²) in [5.74, 6) is 1.22. The minimum atomic E-state index is -0.0878. The average molecular weight is 334 g/mol. The highest BCUT2D eigenvalue weighted by Gasteiger charge is 2.26. The highest BCUT2D eigenvalue weighted by molar-refractivity contribution is 5.74. The zero-order valence-electron chi connectivity index (χ0n) is 15.0. The molecule has 0 spiro atoms. The first-order chi connectivity index (χ1) is 11.5. The maximum Gasteiger partial charge on any atom is 0.317 e. The molecule has 0 bridgehead atoms. The Morgan fingerprint density at radius 2 is 1.92 bits per heavy atom. The Labute approximate surface area is 145 Å². The SMILES string of the molecule is Cc1ccc(OC(C)CNC(=O)N(C)C2CCC(CO)CC2)cc1. The number of urea groups is 1. The van der Waals surface area contributed by atoms with Crippen LogP contribution in [0.2, 0.25) is 0 Å². The first-order valence-electron chi connectivity index (χ1n) is 8.84. The molecule has 1 atom stereocenters. The number of carbonyl (C=O) groups is 1. The molecule has 0 aliphatic heterocycles. The number of amides is 2. The van der Waals surface area contributed by atoms with Gasteiger partial charge in [0.05, 0.1) is 6.54 Å². The van der Waals surface area contributed by atoms with Gasteiger partial charge in [0.15, 0.2) is 0 Å². The van der Waals surface area contributed by atoms with E-state index in [0.29, 0.717) is 12.5 Å². The van der Waals surface area contributed by atoms with E-state index in [-0.39, 0.29) is 24.8 Å². The third-order valence-electron chi connectivity index (χ3n) is 4.84. The zero-order chi connectivity index (χ0) is 17.5. The van der Waals surface area contributed by atoms with Gasteiger partial charge < -0.3 is 20.1 Å². The van der Waals surface area contributed by atoms with Crippen LogP contribution in [-0.4, -0.2) is 48.4 Å². The molecule has 2 amide bonds. The molecule has 5 heteroatoms. The van der Waals surface area contributed by atoms with Gasteiger partial charge in [-0.05, 0) is 57.6 Å². The quantitative estimate of drug-likeness (QED) is 0.841. The molecule has 1 aliphatic rings. The lowest BCUT2D eigenvalue weighted by Gasteiger charge is -2.34. The van der Waals surface area contributed by atoms with Crippen molar-refractivity contribution in [3.05, 3.63) is 29.8 Å².